The van der Waals surface area contributed by atoms with E-state index in [0.29, 0.717) is 17.9 Å². The number of benzene rings is 1. The number of carbonyl (C=O) groups is 2. The number of ether oxygens (including phenoxy) is 1. The Bertz CT molecular complexity index is 712. The molecule has 0 unspecified atom stereocenters. The largest absolute Gasteiger partial charge is 0.494 e. The van der Waals surface area contributed by atoms with E-state index in [4.69, 9.17) is 4.74 Å². The van der Waals surface area contributed by atoms with Crippen LogP contribution in [0.25, 0.3) is 0 Å². The number of nitrogens with one attached hydrogen (secondary N) is 2. The Balaban J connectivity index is 2.08. The highest BCUT2D eigenvalue weighted by Crippen LogP contribution is 2.16. The summed E-state index contributed by atoms with van der Waals surface area (Å²) in [5.41, 5.74) is 1.23. The van der Waals surface area contributed by atoms with E-state index in [2.05, 4.69) is 15.6 Å². The Labute approximate surface area is 141 Å². The summed E-state index contributed by atoms with van der Waals surface area (Å²) in [4.78, 5) is 28.3. The second-order valence-electron chi connectivity index (χ2n) is 5.47. The first-order valence-corrected chi connectivity index (χ1v) is 7.80. The Kier molecular flexibility index (Phi) is 5.89. The van der Waals surface area contributed by atoms with Gasteiger partial charge in [-0.25, -0.2) is 0 Å². The second kappa shape index (κ2) is 8.10. The van der Waals surface area contributed by atoms with Crippen LogP contribution < -0.4 is 15.4 Å². The van der Waals surface area contributed by atoms with Gasteiger partial charge in [0.1, 0.15) is 11.4 Å². The van der Waals surface area contributed by atoms with Crippen LogP contribution in [-0.4, -0.2) is 29.4 Å². The number of aromatic nitrogens is 1. The predicted octanol–water partition coefficient (Wildman–Crippen LogP) is 2.87. The highest BCUT2D eigenvalue weighted by Gasteiger charge is 2.12. The van der Waals surface area contributed by atoms with Gasteiger partial charge in [0.15, 0.2) is 0 Å². The SMILES string of the molecule is CCOc1ccc(NC(=O)c2ccnc(C(=O)NC(C)C)c2)cc1. The summed E-state index contributed by atoms with van der Waals surface area (Å²) in [5.74, 6) is 0.132. The van der Waals surface area contributed by atoms with Gasteiger partial charge in [0, 0.05) is 23.5 Å². The average Bonchev–Trinajstić information content (AvgIpc) is 2.56. The Morgan fingerprint density at radius 1 is 1.12 bits per heavy atom. The van der Waals surface area contributed by atoms with Crippen LogP contribution in [-0.2, 0) is 0 Å². The number of hydrogen-bond acceptors (Lipinski definition) is 4. The van der Waals surface area contributed by atoms with Gasteiger partial charge in [-0.1, -0.05) is 0 Å². The van der Waals surface area contributed by atoms with Crippen molar-refractivity contribution in [2.75, 3.05) is 11.9 Å². The molecule has 0 saturated heterocycles. The molecule has 2 rings (SSSR count). The maximum Gasteiger partial charge on any atom is 0.270 e. The highest BCUT2D eigenvalue weighted by molar-refractivity contribution is 6.05. The molecule has 0 aliphatic heterocycles. The number of carbonyl (C=O) groups excluding carboxylic acids is 2. The predicted molar refractivity (Wildman–Crippen MR) is 92.4 cm³/mol. The molecule has 0 spiro atoms. The van der Waals surface area contributed by atoms with Crippen molar-refractivity contribution in [3.63, 3.8) is 0 Å². The topological polar surface area (TPSA) is 80.3 Å². The zero-order valence-corrected chi connectivity index (χ0v) is 14.0. The van der Waals surface area contributed by atoms with Crippen molar-refractivity contribution < 1.29 is 14.3 Å². The van der Waals surface area contributed by atoms with Crippen LogP contribution in [0.15, 0.2) is 42.6 Å². The number of anilines is 1. The van der Waals surface area contributed by atoms with Crippen molar-refractivity contribution in [1.82, 2.24) is 10.3 Å². The van der Waals surface area contributed by atoms with Crippen molar-refractivity contribution in [3.8, 4) is 5.75 Å². The number of amides is 2. The van der Waals surface area contributed by atoms with E-state index < -0.39 is 0 Å². The normalized spacial score (nSPS) is 10.3. The van der Waals surface area contributed by atoms with Gasteiger partial charge in [0.2, 0.25) is 0 Å². The fourth-order valence-electron chi connectivity index (χ4n) is 2.04. The Morgan fingerprint density at radius 2 is 1.83 bits per heavy atom. The van der Waals surface area contributed by atoms with Crippen molar-refractivity contribution >= 4 is 17.5 Å². The summed E-state index contributed by atoms with van der Waals surface area (Å²) in [6.07, 6.45) is 1.45. The smallest absolute Gasteiger partial charge is 0.270 e. The first-order valence-electron chi connectivity index (χ1n) is 7.80. The van der Waals surface area contributed by atoms with Crippen LogP contribution in [0.5, 0.6) is 5.75 Å². The van der Waals surface area contributed by atoms with Gasteiger partial charge in [-0.3, -0.25) is 14.6 Å². The molecule has 0 bridgehead atoms. The summed E-state index contributed by atoms with van der Waals surface area (Å²) >= 11 is 0. The lowest BCUT2D eigenvalue weighted by atomic mass is 10.2. The van der Waals surface area contributed by atoms with Gasteiger partial charge in [-0.15, -0.1) is 0 Å². The number of nitrogens with zero attached hydrogens (tertiary/aromatic N) is 1. The fraction of sp³-hybridized carbons (Fsp3) is 0.278. The Morgan fingerprint density at radius 3 is 2.46 bits per heavy atom. The van der Waals surface area contributed by atoms with Gasteiger partial charge >= 0.3 is 0 Å². The van der Waals surface area contributed by atoms with E-state index in [0.717, 1.165) is 5.75 Å². The highest BCUT2D eigenvalue weighted by atomic mass is 16.5. The van der Waals surface area contributed by atoms with E-state index in [1.54, 1.807) is 30.3 Å². The average molecular weight is 327 g/mol. The first kappa shape index (κ1) is 17.5. The van der Waals surface area contributed by atoms with E-state index in [9.17, 15) is 9.59 Å². The maximum atomic E-state index is 12.3. The molecule has 0 saturated carbocycles. The molecule has 6 nitrogen and oxygen atoms in total. The van der Waals surface area contributed by atoms with E-state index in [1.165, 1.54) is 12.3 Å². The third-order valence-corrected chi connectivity index (χ3v) is 3.10. The molecule has 24 heavy (non-hydrogen) atoms. The molecule has 6 heteroatoms. The minimum Gasteiger partial charge on any atom is -0.494 e. The quantitative estimate of drug-likeness (QED) is 0.855. The van der Waals surface area contributed by atoms with E-state index in [1.807, 2.05) is 20.8 Å². The summed E-state index contributed by atoms with van der Waals surface area (Å²) in [6, 6.07) is 10.1. The van der Waals surface area contributed by atoms with E-state index in [-0.39, 0.29) is 23.6 Å². The summed E-state index contributed by atoms with van der Waals surface area (Å²) in [5, 5.41) is 5.53. The molecule has 1 heterocycles. The number of pyridine rings is 1. The van der Waals surface area contributed by atoms with Crippen LogP contribution in [0.1, 0.15) is 41.6 Å². The molecule has 0 aliphatic carbocycles. The minimum atomic E-state index is -0.305. The maximum absolute atomic E-state index is 12.3. The first-order chi connectivity index (χ1) is 11.5. The van der Waals surface area contributed by atoms with Crippen molar-refractivity contribution in [2.45, 2.75) is 26.8 Å². The monoisotopic (exact) mass is 327 g/mol. The van der Waals surface area contributed by atoms with E-state index >= 15 is 0 Å². The third kappa shape index (κ3) is 4.81. The van der Waals surface area contributed by atoms with Crippen molar-refractivity contribution in [2.24, 2.45) is 0 Å². The van der Waals surface area contributed by atoms with Gasteiger partial charge in [-0.2, -0.15) is 0 Å². The zero-order chi connectivity index (χ0) is 17.5. The third-order valence-electron chi connectivity index (χ3n) is 3.10. The van der Waals surface area contributed by atoms with Gasteiger partial charge in [0.25, 0.3) is 11.8 Å². The van der Waals surface area contributed by atoms with Gasteiger partial charge < -0.3 is 15.4 Å². The van der Waals surface area contributed by atoms with Gasteiger partial charge in [-0.05, 0) is 57.2 Å². The second-order valence-corrected chi connectivity index (χ2v) is 5.47. The molecule has 2 amide bonds. The molecule has 1 aromatic heterocycles. The summed E-state index contributed by atoms with van der Waals surface area (Å²) < 4.78 is 5.36. The van der Waals surface area contributed by atoms with Crippen LogP contribution in [0.3, 0.4) is 0 Å². The lowest BCUT2D eigenvalue weighted by Gasteiger charge is -2.09. The molecule has 0 atom stereocenters. The lowest BCUT2D eigenvalue weighted by molar-refractivity contribution is 0.0938. The molecule has 2 aromatic rings. The number of rotatable bonds is 6. The zero-order valence-electron chi connectivity index (χ0n) is 14.0. The molecule has 1 aromatic carbocycles. The Hall–Kier alpha value is -2.89. The summed E-state index contributed by atoms with van der Waals surface area (Å²) in [6.45, 7) is 6.22. The molecule has 126 valence electrons. The lowest BCUT2D eigenvalue weighted by Crippen LogP contribution is -2.31. The fourth-order valence-corrected chi connectivity index (χ4v) is 2.04. The molecule has 2 N–H and O–H groups in total. The van der Waals surface area contributed by atoms with Gasteiger partial charge in [0.05, 0.1) is 6.61 Å². The standard InChI is InChI=1S/C18H21N3O3/c1-4-24-15-7-5-14(6-8-15)21-17(22)13-9-10-19-16(11-13)18(23)20-12(2)3/h5-12H,4H2,1-3H3,(H,20,23)(H,21,22). The molecule has 0 radical (unpaired) electrons. The summed E-state index contributed by atoms with van der Waals surface area (Å²) in [7, 11) is 0. The van der Waals surface area contributed by atoms with Crippen LogP contribution in [0, 0.1) is 0 Å². The number of hydrogen-bond donors (Lipinski definition) is 2. The van der Waals surface area contributed by atoms with Crippen molar-refractivity contribution in [3.05, 3.63) is 53.9 Å². The van der Waals surface area contributed by atoms with Crippen LogP contribution in [0.2, 0.25) is 0 Å². The molecular weight excluding hydrogens is 306 g/mol. The van der Waals surface area contributed by atoms with Crippen LogP contribution >= 0.6 is 0 Å². The minimum absolute atomic E-state index is 0.000590. The molecule has 0 fully saturated rings. The van der Waals surface area contributed by atoms with Crippen molar-refractivity contribution in [1.29, 1.82) is 0 Å². The van der Waals surface area contributed by atoms with Crippen LogP contribution in [0.4, 0.5) is 5.69 Å². The molecular formula is C18H21N3O3. The molecule has 0 aliphatic rings.